The fraction of sp³-hybridized carbons (Fsp3) is 0.105. The average Bonchev–Trinajstić information content (AvgIpc) is 3.11. The van der Waals surface area contributed by atoms with Crippen molar-refractivity contribution in [3.63, 3.8) is 0 Å². The number of hydrogen-bond acceptors (Lipinski definition) is 3. The van der Waals surface area contributed by atoms with Gasteiger partial charge in [0.1, 0.15) is 5.69 Å². The lowest BCUT2D eigenvalue weighted by atomic mass is 10.1. The Balaban J connectivity index is 1.61. The second kappa shape index (κ2) is 7.77. The largest absolute Gasteiger partial charge is 0.356 e. The zero-order chi connectivity index (χ0) is 17.6. The Bertz CT molecular complexity index is 890. The first-order valence-electron chi connectivity index (χ1n) is 7.75. The first-order chi connectivity index (χ1) is 12.1. The third-order valence-electron chi connectivity index (χ3n) is 3.71. The summed E-state index contributed by atoms with van der Waals surface area (Å²) in [5, 5.41) is 3.39. The molecule has 6 heteroatoms. The normalized spacial score (nSPS) is 10.4. The average molecular weight is 354 g/mol. The summed E-state index contributed by atoms with van der Waals surface area (Å²) >= 11 is 5.93. The van der Waals surface area contributed by atoms with Crippen molar-refractivity contribution in [1.82, 2.24) is 15.3 Å². The third kappa shape index (κ3) is 4.55. The molecule has 5 nitrogen and oxygen atoms in total. The van der Waals surface area contributed by atoms with Gasteiger partial charge in [-0.2, -0.15) is 0 Å². The molecule has 0 unspecified atom stereocenters. The molecule has 0 spiro atoms. The minimum Gasteiger partial charge on any atom is -0.356 e. The standard InChI is InChI=1S/C19H16ClN3O2/c20-16-3-1-2-14(8-16)9-18(24)15-10-17(22-12-15)19(25)23-11-13-4-6-21-7-5-13/h1-8,10,12,22H,9,11H2,(H,23,25). The number of pyridine rings is 1. The van der Waals surface area contributed by atoms with Crippen LogP contribution in [-0.2, 0) is 13.0 Å². The van der Waals surface area contributed by atoms with Crippen LogP contribution in [0.15, 0.2) is 61.1 Å². The van der Waals surface area contributed by atoms with Gasteiger partial charge < -0.3 is 10.3 Å². The van der Waals surface area contributed by atoms with Gasteiger partial charge in [0.25, 0.3) is 5.91 Å². The van der Waals surface area contributed by atoms with Crippen LogP contribution in [0, 0.1) is 0 Å². The lowest BCUT2D eigenvalue weighted by molar-refractivity contribution is 0.0946. The Kier molecular flexibility index (Phi) is 5.26. The van der Waals surface area contributed by atoms with Gasteiger partial charge >= 0.3 is 0 Å². The molecule has 3 aromatic rings. The highest BCUT2D eigenvalue weighted by Crippen LogP contribution is 2.14. The quantitative estimate of drug-likeness (QED) is 0.667. The number of H-pyrrole nitrogens is 1. The van der Waals surface area contributed by atoms with Crippen LogP contribution < -0.4 is 5.32 Å². The van der Waals surface area contributed by atoms with Crippen LogP contribution in [0.25, 0.3) is 0 Å². The number of nitrogens with one attached hydrogen (secondary N) is 2. The molecule has 0 atom stereocenters. The van der Waals surface area contributed by atoms with Gasteiger partial charge in [-0.1, -0.05) is 23.7 Å². The number of amides is 1. The topological polar surface area (TPSA) is 74.8 Å². The number of ketones is 1. The number of rotatable bonds is 6. The Hall–Kier alpha value is -2.92. The van der Waals surface area contributed by atoms with Crippen molar-refractivity contribution in [2.24, 2.45) is 0 Å². The van der Waals surface area contributed by atoms with E-state index in [0.717, 1.165) is 11.1 Å². The molecule has 2 aromatic heterocycles. The molecule has 3 rings (SSSR count). The van der Waals surface area contributed by atoms with Crippen LogP contribution in [0.2, 0.25) is 5.02 Å². The van der Waals surface area contributed by atoms with E-state index in [4.69, 9.17) is 11.6 Å². The zero-order valence-electron chi connectivity index (χ0n) is 13.3. The van der Waals surface area contributed by atoms with Crippen LogP contribution in [0.5, 0.6) is 0 Å². The van der Waals surface area contributed by atoms with E-state index >= 15 is 0 Å². The van der Waals surface area contributed by atoms with E-state index in [1.54, 1.807) is 42.9 Å². The summed E-state index contributed by atoms with van der Waals surface area (Å²) in [5.74, 6) is -0.342. The van der Waals surface area contributed by atoms with Crippen molar-refractivity contribution in [1.29, 1.82) is 0 Å². The molecule has 2 N–H and O–H groups in total. The van der Waals surface area contributed by atoms with E-state index in [1.165, 1.54) is 0 Å². The highest BCUT2D eigenvalue weighted by atomic mass is 35.5. The van der Waals surface area contributed by atoms with Gasteiger partial charge in [0.05, 0.1) is 0 Å². The van der Waals surface area contributed by atoms with Crippen molar-refractivity contribution in [3.05, 3.63) is 88.5 Å². The molecule has 126 valence electrons. The molecule has 1 aromatic carbocycles. The molecule has 0 radical (unpaired) electrons. The Morgan fingerprint density at radius 1 is 1.08 bits per heavy atom. The van der Waals surface area contributed by atoms with E-state index in [2.05, 4.69) is 15.3 Å². The number of hydrogen-bond donors (Lipinski definition) is 2. The van der Waals surface area contributed by atoms with Crippen LogP contribution in [-0.4, -0.2) is 21.7 Å². The van der Waals surface area contributed by atoms with Crippen molar-refractivity contribution in [3.8, 4) is 0 Å². The van der Waals surface area contributed by atoms with Gasteiger partial charge in [-0.15, -0.1) is 0 Å². The lowest BCUT2D eigenvalue weighted by Crippen LogP contribution is -2.23. The maximum atomic E-state index is 12.3. The predicted molar refractivity (Wildman–Crippen MR) is 95.7 cm³/mol. The summed E-state index contributed by atoms with van der Waals surface area (Å²) in [6, 6.07) is 12.4. The highest BCUT2D eigenvalue weighted by Gasteiger charge is 2.13. The summed E-state index contributed by atoms with van der Waals surface area (Å²) in [6.07, 6.45) is 5.12. The molecule has 0 fully saturated rings. The molecule has 25 heavy (non-hydrogen) atoms. The van der Waals surface area contributed by atoms with Crippen molar-refractivity contribution in [2.45, 2.75) is 13.0 Å². The summed E-state index contributed by atoms with van der Waals surface area (Å²) in [7, 11) is 0. The number of aromatic amines is 1. The van der Waals surface area contributed by atoms with E-state index in [-0.39, 0.29) is 18.1 Å². The first-order valence-corrected chi connectivity index (χ1v) is 8.13. The minimum atomic E-state index is -0.265. The second-order valence-electron chi connectivity index (χ2n) is 5.57. The fourth-order valence-electron chi connectivity index (χ4n) is 2.40. The van der Waals surface area contributed by atoms with Crippen LogP contribution in [0.1, 0.15) is 32.0 Å². The van der Waals surface area contributed by atoms with Gasteiger partial charge in [0.2, 0.25) is 0 Å². The third-order valence-corrected chi connectivity index (χ3v) is 3.94. The molecule has 2 heterocycles. The van der Waals surface area contributed by atoms with Crippen LogP contribution >= 0.6 is 11.6 Å². The smallest absolute Gasteiger partial charge is 0.267 e. The van der Waals surface area contributed by atoms with Crippen molar-refractivity contribution < 1.29 is 9.59 Å². The van der Waals surface area contributed by atoms with Crippen LogP contribution in [0.4, 0.5) is 0 Å². The van der Waals surface area contributed by atoms with Crippen molar-refractivity contribution >= 4 is 23.3 Å². The Morgan fingerprint density at radius 3 is 2.64 bits per heavy atom. The number of carbonyl (C=O) groups excluding carboxylic acids is 2. The second-order valence-corrected chi connectivity index (χ2v) is 6.01. The molecule has 0 saturated carbocycles. The predicted octanol–water partition coefficient (Wildman–Crippen LogP) is 3.42. The SMILES string of the molecule is O=C(Cc1cccc(Cl)c1)c1c[nH]c(C(=O)NCc2ccncc2)c1. The molecule has 0 aliphatic rings. The van der Waals surface area contributed by atoms with Gasteiger partial charge in [-0.3, -0.25) is 14.6 Å². The summed E-state index contributed by atoms with van der Waals surface area (Å²) in [5.41, 5.74) is 2.60. The monoisotopic (exact) mass is 353 g/mol. The Labute approximate surface area is 150 Å². The summed E-state index contributed by atoms with van der Waals surface area (Å²) in [4.78, 5) is 31.3. The molecular weight excluding hydrogens is 338 g/mol. The number of benzene rings is 1. The molecule has 0 aliphatic heterocycles. The summed E-state index contributed by atoms with van der Waals surface area (Å²) < 4.78 is 0. The van der Waals surface area contributed by atoms with Crippen molar-refractivity contribution in [2.75, 3.05) is 0 Å². The van der Waals surface area contributed by atoms with E-state index < -0.39 is 0 Å². The number of nitrogens with zero attached hydrogens (tertiary/aromatic N) is 1. The first kappa shape index (κ1) is 16.9. The van der Waals surface area contributed by atoms with Gasteiger partial charge in [0.15, 0.2) is 5.78 Å². The summed E-state index contributed by atoms with van der Waals surface area (Å²) in [6.45, 7) is 0.395. The zero-order valence-corrected chi connectivity index (χ0v) is 14.1. The maximum Gasteiger partial charge on any atom is 0.267 e. The number of carbonyl (C=O) groups is 2. The maximum absolute atomic E-state index is 12.3. The van der Waals surface area contributed by atoms with Crippen LogP contribution in [0.3, 0.4) is 0 Å². The number of aromatic nitrogens is 2. The molecule has 1 amide bonds. The molecule has 0 saturated heterocycles. The highest BCUT2D eigenvalue weighted by molar-refractivity contribution is 6.30. The van der Waals surface area contributed by atoms with E-state index in [9.17, 15) is 9.59 Å². The molecular formula is C19H16ClN3O2. The number of Topliss-reactive ketones (excluding diaryl/α,β-unsaturated/α-hetero) is 1. The fourth-order valence-corrected chi connectivity index (χ4v) is 2.61. The molecule has 0 bridgehead atoms. The van der Waals surface area contributed by atoms with Gasteiger partial charge in [-0.25, -0.2) is 0 Å². The Morgan fingerprint density at radius 2 is 1.88 bits per heavy atom. The molecule has 0 aliphatic carbocycles. The van der Waals surface area contributed by atoms with Gasteiger partial charge in [0, 0.05) is 42.1 Å². The van der Waals surface area contributed by atoms with E-state index in [1.807, 2.05) is 18.2 Å². The van der Waals surface area contributed by atoms with E-state index in [0.29, 0.717) is 22.8 Å². The lowest BCUT2D eigenvalue weighted by Gasteiger charge is -2.03. The number of halogens is 1. The van der Waals surface area contributed by atoms with Gasteiger partial charge in [-0.05, 0) is 41.5 Å². The minimum absolute atomic E-state index is 0.0771.